The lowest BCUT2D eigenvalue weighted by atomic mass is 9.91. The van der Waals surface area contributed by atoms with E-state index >= 15 is 0 Å². The van der Waals surface area contributed by atoms with Crippen molar-refractivity contribution < 1.29 is 27.5 Å². The second-order valence-corrected chi connectivity index (χ2v) is 4.12. The topological polar surface area (TPSA) is 40.5 Å². The van der Waals surface area contributed by atoms with Gasteiger partial charge in [0, 0.05) is 19.0 Å². The van der Waals surface area contributed by atoms with Crippen molar-refractivity contribution in [3.05, 3.63) is 35.1 Å². The average molecular weight is 263 g/mol. The van der Waals surface area contributed by atoms with Crippen LogP contribution in [-0.2, 0) is 6.18 Å². The van der Waals surface area contributed by atoms with E-state index in [4.69, 9.17) is 5.11 Å². The molecule has 1 heterocycles. The first-order valence-corrected chi connectivity index (χ1v) is 5.13. The molecule has 0 aliphatic carbocycles. The second kappa shape index (κ2) is 4.15. The lowest BCUT2D eigenvalue weighted by molar-refractivity contribution is -0.140. The highest BCUT2D eigenvalue weighted by atomic mass is 19.4. The third-order valence-electron chi connectivity index (χ3n) is 2.92. The summed E-state index contributed by atoms with van der Waals surface area (Å²) in [6, 6.07) is 2.70. The zero-order valence-electron chi connectivity index (χ0n) is 9.04. The van der Waals surface area contributed by atoms with E-state index < -0.39 is 23.7 Å². The van der Waals surface area contributed by atoms with Gasteiger partial charge in [0.25, 0.3) is 0 Å². The molecule has 1 aromatic carbocycles. The van der Waals surface area contributed by atoms with Crippen molar-refractivity contribution in [3.63, 3.8) is 0 Å². The largest absolute Gasteiger partial charge is 0.465 e. The quantitative estimate of drug-likeness (QED) is 0.791. The number of halogens is 4. The first-order chi connectivity index (χ1) is 8.29. The first-order valence-electron chi connectivity index (χ1n) is 5.13. The van der Waals surface area contributed by atoms with Crippen LogP contribution in [0.4, 0.5) is 22.4 Å². The fraction of sp³-hybridized carbons (Fsp3) is 0.364. The van der Waals surface area contributed by atoms with Crippen LogP contribution < -0.4 is 0 Å². The fourth-order valence-corrected chi connectivity index (χ4v) is 1.86. The molecule has 0 saturated carbocycles. The zero-order valence-corrected chi connectivity index (χ0v) is 9.04. The minimum Gasteiger partial charge on any atom is -0.465 e. The summed E-state index contributed by atoms with van der Waals surface area (Å²) in [5.41, 5.74) is -0.918. The smallest absolute Gasteiger partial charge is 0.419 e. The number of alkyl halides is 3. The Morgan fingerprint density at radius 3 is 2.39 bits per heavy atom. The summed E-state index contributed by atoms with van der Waals surface area (Å²) in [4.78, 5) is 11.6. The number of benzene rings is 1. The van der Waals surface area contributed by atoms with Crippen molar-refractivity contribution in [2.45, 2.75) is 12.1 Å². The predicted octanol–water partition coefficient (Wildman–Crippen LogP) is 2.92. The maximum Gasteiger partial charge on any atom is 0.419 e. The van der Waals surface area contributed by atoms with Gasteiger partial charge in [-0.25, -0.2) is 9.18 Å². The van der Waals surface area contributed by atoms with Crippen LogP contribution >= 0.6 is 0 Å². The van der Waals surface area contributed by atoms with E-state index in [2.05, 4.69) is 0 Å². The number of likely N-dealkylation sites (tertiary alicyclic amines) is 1. The average Bonchev–Trinajstić information content (AvgIpc) is 2.12. The standard InChI is InChI=1S/C11H9F4NO2/c12-9-3-6(1-2-8(9)11(13,14)15)7-4-16(5-7)10(17)18/h1-3,7H,4-5H2,(H,17,18). The van der Waals surface area contributed by atoms with Crippen molar-refractivity contribution in [2.75, 3.05) is 13.1 Å². The van der Waals surface area contributed by atoms with Gasteiger partial charge in [-0.1, -0.05) is 6.07 Å². The lowest BCUT2D eigenvalue weighted by Crippen LogP contribution is -2.47. The number of rotatable bonds is 1. The fourth-order valence-electron chi connectivity index (χ4n) is 1.86. The molecule has 18 heavy (non-hydrogen) atoms. The Kier molecular flexibility index (Phi) is 2.92. The Bertz CT molecular complexity index is 480. The van der Waals surface area contributed by atoms with Crippen molar-refractivity contribution in [1.82, 2.24) is 4.90 Å². The van der Waals surface area contributed by atoms with Crippen LogP contribution in [0.5, 0.6) is 0 Å². The molecule has 0 bridgehead atoms. The van der Waals surface area contributed by atoms with Gasteiger partial charge in [-0.05, 0) is 17.7 Å². The minimum atomic E-state index is -4.71. The predicted molar refractivity (Wildman–Crippen MR) is 53.7 cm³/mol. The Labute approximate surface area is 99.6 Å². The first kappa shape index (κ1) is 12.7. The Hall–Kier alpha value is -1.79. The van der Waals surface area contributed by atoms with Gasteiger partial charge in [0.1, 0.15) is 5.82 Å². The lowest BCUT2D eigenvalue weighted by Gasteiger charge is -2.37. The van der Waals surface area contributed by atoms with Gasteiger partial charge < -0.3 is 10.0 Å². The van der Waals surface area contributed by atoms with Gasteiger partial charge in [0.05, 0.1) is 5.56 Å². The molecular formula is C11H9F4NO2. The summed E-state index contributed by atoms with van der Waals surface area (Å²) in [6.07, 6.45) is -5.80. The molecule has 0 aromatic heterocycles. The van der Waals surface area contributed by atoms with Crippen molar-refractivity contribution in [3.8, 4) is 0 Å². The molecule has 0 radical (unpaired) electrons. The molecular weight excluding hydrogens is 254 g/mol. The Morgan fingerprint density at radius 2 is 1.94 bits per heavy atom. The summed E-state index contributed by atoms with van der Waals surface area (Å²) < 4.78 is 50.2. The highest BCUT2D eigenvalue weighted by molar-refractivity contribution is 5.66. The van der Waals surface area contributed by atoms with Gasteiger partial charge in [-0.3, -0.25) is 0 Å². The van der Waals surface area contributed by atoms with E-state index in [1.807, 2.05) is 0 Å². The zero-order chi connectivity index (χ0) is 13.5. The van der Waals surface area contributed by atoms with Gasteiger partial charge >= 0.3 is 12.3 Å². The third-order valence-corrected chi connectivity index (χ3v) is 2.92. The summed E-state index contributed by atoms with van der Waals surface area (Å²) in [5.74, 6) is -1.56. The monoisotopic (exact) mass is 263 g/mol. The molecule has 1 saturated heterocycles. The number of carboxylic acid groups (broad SMARTS) is 1. The molecule has 1 aliphatic heterocycles. The van der Waals surface area contributed by atoms with E-state index in [0.717, 1.165) is 11.0 Å². The molecule has 1 amide bonds. The maximum absolute atomic E-state index is 13.3. The SMILES string of the molecule is O=C(O)N1CC(c2ccc(C(F)(F)F)c(F)c2)C1. The van der Waals surface area contributed by atoms with Crippen LogP contribution in [0.3, 0.4) is 0 Å². The number of amides is 1. The van der Waals surface area contributed by atoms with Crippen LogP contribution in [0.15, 0.2) is 18.2 Å². The minimum absolute atomic E-state index is 0.181. The van der Waals surface area contributed by atoms with Gasteiger partial charge in [0.15, 0.2) is 0 Å². The molecule has 98 valence electrons. The maximum atomic E-state index is 13.3. The van der Waals surface area contributed by atoms with E-state index in [1.54, 1.807) is 0 Å². The second-order valence-electron chi connectivity index (χ2n) is 4.12. The molecule has 0 spiro atoms. The van der Waals surface area contributed by atoms with Crippen molar-refractivity contribution in [2.24, 2.45) is 0 Å². The molecule has 0 unspecified atom stereocenters. The van der Waals surface area contributed by atoms with Crippen molar-refractivity contribution in [1.29, 1.82) is 0 Å². The van der Waals surface area contributed by atoms with Crippen LogP contribution in [0, 0.1) is 5.82 Å². The number of hydrogen-bond acceptors (Lipinski definition) is 1. The Balaban J connectivity index is 2.14. The number of carbonyl (C=O) groups is 1. The number of hydrogen-bond donors (Lipinski definition) is 1. The van der Waals surface area contributed by atoms with Crippen molar-refractivity contribution >= 4 is 6.09 Å². The highest BCUT2D eigenvalue weighted by Crippen LogP contribution is 2.34. The molecule has 1 aromatic rings. The summed E-state index contributed by atoms with van der Waals surface area (Å²) >= 11 is 0. The molecule has 1 aliphatic rings. The molecule has 0 atom stereocenters. The summed E-state index contributed by atoms with van der Waals surface area (Å²) in [5, 5.41) is 8.61. The van der Waals surface area contributed by atoms with Crippen LogP contribution in [-0.4, -0.2) is 29.2 Å². The van der Waals surface area contributed by atoms with Gasteiger partial charge in [-0.15, -0.1) is 0 Å². The molecule has 1 N–H and O–H groups in total. The highest BCUT2D eigenvalue weighted by Gasteiger charge is 2.36. The van der Waals surface area contributed by atoms with E-state index in [0.29, 0.717) is 11.6 Å². The molecule has 1 fully saturated rings. The third kappa shape index (κ3) is 2.25. The van der Waals surface area contributed by atoms with Gasteiger partial charge in [-0.2, -0.15) is 13.2 Å². The van der Waals surface area contributed by atoms with Crippen LogP contribution in [0.1, 0.15) is 17.0 Å². The van der Waals surface area contributed by atoms with E-state index in [1.165, 1.54) is 6.07 Å². The molecule has 7 heteroatoms. The van der Waals surface area contributed by atoms with Crippen LogP contribution in [0.25, 0.3) is 0 Å². The van der Waals surface area contributed by atoms with E-state index in [-0.39, 0.29) is 19.0 Å². The Morgan fingerprint density at radius 1 is 1.33 bits per heavy atom. The molecule has 3 nitrogen and oxygen atoms in total. The molecule has 2 rings (SSSR count). The normalized spacial score (nSPS) is 16.6. The van der Waals surface area contributed by atoms with Crippen LogP contribution in [0.2, 0.25) is 0 Å². The number of nitrogens with zero attached hydrogens (tertiary/aromatic N) is 1. The van der Waals surface area contributed by atoms with E-state index in [9.17, 15) is 22.4 Å². The summed E-state index contributed by atoms with van der Waals surface area (Å²) in [6.45, 7) is 0.361. The summed E-state index contributed by atoms with van der Waals surface area (Å²) in [7, 11) is 0. The van der Waals surface area contributed by atoms with Gasteiger partial charge in [0.2, 0.25) is 0 Å².